The van der Waals surface area contributed by atoms with Gasteiger partial charge in [0.2, 0.25) is 0 Å². The summed E-state index contributed by atoms with van der Waals surface area (Å²) in [6.07, 6.45) is -0.467. The Bertz CT molecular complexity index is 594. The third-order valence-electron chi connectivity index (χ3n) is 3.35. The number of ether oxygens (including phenoxy) is 1. The molecule has 0 aliphatic carbocycles. The van der Waals surface area contributed by atoms with E-state index in [0.29, 0.717) is 17.7 Å². The molecule has 0 aliphatic heterocycles. The zero-order valence-corrected chi connectivity index (χ0v) is 13.9. The molecule has 0 spiro atoms. The average molecular weight is 321 g/mol. The van der Waals surface area contributed by atoms with Crippen molar-refractivity contribution in [1.82, 2.24) is 5.32 Å². The van der Waals surface area contributed by atoms with E-state index in [4.69, 9.17) is 9.84 Å². The van der Waals surface area contributed by atoms with E-state index in [1.54, 1.807) is 45.0 Å². The van der Waals surface area contributed by atoms with E-state index in [1.165, 1.54) is 6.92 Å². The first kappa shape index (κ1) is 18.7. The lowest BCUT2D eigenvalue weighted by atomic mass is 9.98. The quantitative estimate of drug-likeness (QED) is 0.717. The van der Waals surface area contributed by atoms with Crippen LogP contribution in [0.5, 0.6) is 5.75 Å². The van der Waals surface area contributed by atoms with Crippen molar-refractivity contribution in [1.29, 1.82) is 0 Å². The predicted molar refractivity (Wildman–Crippen MR) is 85.6 cm³/mol. The largest absolute Gasteiger partial charge is 0.481 e. The number of hydrogen-bond donors (Lipinski definition) is 2. The van der Waals surface area contributed by atoms with E-state index in [0.717, 1.165) is 0 Å². The molecule has 0 radical (unpaired) electrons. The van der Waals surface area contributed by atoms with E-state index in [1.807, 2.05) is 0 Å². The summed E-state index contributed by atoms with van der Waals surface area (Å²) in [6, 6.07) is 6.62. The van der Waals surface area contributed by atoms with E-state index >= 15 is 0 Å². The molecule has 0 aliphatic rings. The second-order valence-corrected chi connectivity index (χ2v) is 6.11. The van der Waals surface area contributed by atoms with Crippen LogP contribution in [0.1, 0.15) is 50.9 Å². The lowest BCUT2D eigenvalue weighted by Gasteiger charge is -2.27. The Labute approximate surface area is 135 Å². The highest BCUT2D eigenvalue weighted by Gasteiger charge is 2.25. The van der Waals surface area contributed by atoms with E-state index in [9.17, 15) is 14.4 Å². The third-order valence-corrected chi connectivity index (χ3v) is 3.35. The molecule has 23 heavy (non-hydrogen) atoms. The minimum Gasteiger partial charge on any atom is -0.481 e. The molecule has 1 unspecified atom stereocenters. The molecule has 0 fully saturated rings. The van der Waals surface area contributed by atoms with Gasteiger partial charge in [-0.25, -0.2) is 0 Å². The Balaban J connectivity index is 2.65. The number of carbonyl (C=O) groups is 3. The van der Waals surface area contributed by atoms with Crippen molar-refractivity contribution in [3.05, 3.63) is 29.8 Å². The number of ketones is 1. The fourth-order valence-corrected chi connectivity index (χ4v) is 1.96. The van der Waals surface area contributed by atoms with Gasteiger partial charge in [0.1, 0.15) is 5.75 Å². The van der Waals surface area contributed by atoms with Crippen molar-refractivity contribution < 1.29 is 24.2 Å². The van der Waals surface area contributed by atoms with Crippen LogP contribution in [-0.4, -0.2) is 34.4 Å². The van der Waals surface area contributed by atoms with Gasteiger partial charge in [-0.05, 0) is 46.2 Å². The van der Waals surface area contributed by atoms with Crippen LogP contribution >= 0.6 is 0 Å². The number of hydrogen-bond acceptors (Lipinski definition) is 4. The van der Waals surface area contributed by atoms with Gasteiger partial charge in [-0.15, -0.1) is 0 Å². The molecular weight excluding hydrogens is 298 g/mol. The van der Waals surface area contributed by atoms with Gasteiger partial charge in [-0.3, -0.25) is 14.4 Å². The van der Waals surface area contributed by atoms with Crippen molar-refractivity contribution >= 4 is 17.7 Å². The van der Waals surface area contributed by atoms with Gasteiger partial charge in [0.05, 0.1) is 0 Å². The molecule has 0 bridgehead atoms. The van der Waals surface area contributed by atoms with Crippen molar-refractivity contribution in [3.63, 3.8) is 0 Å². The van der Waals surface area contributed by atoms with E-state index in [2.05, 4.69) is 5.32 Å². The standard InChI is InChI=1S/C17H23NO5/c1-11(19)13-6-5-7-14(10-13)23-12(2)16(22)18-17(3,4)9-8-15(20)21/h5-7,10,12H,8-9H2,1-4H3,(H,18,22)(H,20,21). The van der Waals surface area contributed by atoms with Gasteiger partial charge in [-0.2, -0.15) is 0 Å². The van der Waals surface area contributed by atoms with Crippen molar-refractivity contribution in [2.45, 2.75) is 52.2 Å². The maximum Gasteiger partial charge on any atom is 0.303 e. The smallest absolute Gasteiger partial charge is 0.303 e. The van der Waals surface area contributed by atoms with Crippen LogP contribution in [0.25, 0.3) is 0 Å². The topological polar surface area (TPSA) is 92.7 Å². The van der Waals surface area contributed by atoms with Crippen LogP contribution in [-0.2, 0) is 9.59 Å². The summed E-state index contributed by atoms with van der Waals surface area (Å²) >= 11 is 0. The summed E-state index contributed by atoms with van der Waals surface area (Å²) in [4.78, 5) is 34.2. The maximum atomic E-state index is 12.2. The predicted octanol–water partition coefficient (Wildman–Crippen LogP) is 2.42. The molecule has 126 valence electrons. The molecule has 1 atom stereocenters. The molecule has 1 amide bonds. The minimum absolute atomic E-state index is 0.0246. The molecule has 0 heterocycles. The Morgan fingerprint density at radius 1 is 1.30 bits per heavy atom. The summed E-state index contributed by atoms with van der Waals surface area (Å²) in [6.45, 7) is 6.58. The number of benzene rings is 1. The first-order chi connectivity index (χ1) is 10.6. The Hall–Kier alpha value is -2.37. The Kier molecular flexibility index (Phi) is 6.30. The fourth-order valence-electron chi connectivity index (χ4n) is 1.96. The second-order valence-electron chi connectivity index (χ2n) is 6.11. The number of amides is 1. The van der Waals surface area contributed by atoms with Gasteiger partial charge in [0.25, 0.3) is 5.91 Å². The summed E-state index contributed by atoms with van der Waals surface area (Å²) in [5.74, 6) is -0.891. The number of carbonyl (C=O) groups excluding carboxylic acids is 2. The summed E-state index contributed by atoms with van der Waals surface area (Å²) in [5, 5.41) is 11.5. The third kappa shape index (κ3) is 6.50. The normalized spacial score (nSPS) is 12.3. The SMILES string of the molecule is CC(=O)c1cccc(OC(C)C(=O)NC(C)(C)CCC(=O)O)c1. The monoisotopic (exact) mass is 321 g/mol. The number of Topliss-reactive ketones (excluding diaryl/α,β-unsaturated/α-hetero) is 1. The highest BCUT2D eigenvalue weighted by molar-refractivity contribution is 5.94. The first-order valence-electron chi connectivity index (χ1n) is 7.42. The van der Waals surface area contributed by atoms with Crippen LogP contribution < -0.4 is 10.1 Å². The summed E-state index contributed by atoms with van der Waals surface area (Å²) < 4.78 is 5.56. The van der Waals surface area contributed by atoms with Crippen LogP contribution in [0, 0.1) is 0 Å². The van der Waals surface area contributed by atoms with Gasteiger partial charge in [0.15, 0.2) is 11.9 Å². The highest BCUT2D eigenvalue weighted by atomic mass is 16.5. The highest BCUT2D eigenvalue weighted by Crippen LogP contribution is 2.17. The number of carboxylic acids is 1. The van der Waals surface area contributed by atoms with Gasteiger partial charge in [-0.1, -0.05) is 12.1 Å². The lowest BCUT2D eigenvalue weighted by Crippen LogP contribution is -2.48. The lowest BCUT2D eigenvalue weighted by molar-refractivity contribution is -0.138. The first-order valence-corrected chi connectivity index (χ1v) is 7.42. The minimum atomic E-state index is -0.905. The summed E-state index contributed by atoms with van der Waals surface area (Å²) in [7, 11) is 0. The Morgan fingerprint density at radius 3 is 2.52 bits per heavy atom. The molecule has 1 aromatic carbocycles. The molecule has 1 rings (SSSR count). The zero-order chi connectivity index (χ0) is 17.6. The molecule has 6 nitrogen and oxygen atoms in total. The summed E-state index contributed by atoms with van der Waals surface area (Å²) in [5.41, 5.74) is -0.134. The second kappa shape index (κ2) is 7.76. The molecule has 6 heteroatoms. The number of aliphatic carboxylic acids is 1. The van der Waals surface area contributed by atoms with Crippen molar-refractivity contribution in [2.24, 2.45) is 0 Å². The number of carboxylic acid groups (broad SMARTS) is 1. The number of nitrogens with one attached hydrogen (secondary N) is 1. The van der Waals surface area contributed by atoms with Gasteiger partial charge in [0, 0.05) is 17.5 Å². The zero-order valence-electron chi connectivity index (χ0n) is 13.9. The Morgan fingerprint density at radius 2 is 1.96 bits per heavy atom. The molecule has 1 aromatic rings. The van der Waals surface area contributed by atoms with Gasteiger partial charge >= 0.3 is 5.97 Å². The van der Waals surface area contributed by atoms with Crippen molar-refractivity contribution in [3.8, 4) is 5.75 Å². The van der Waals surface area contributed by atoms with E-state index in [-0.39, 0.29) is 18.1 Å². The van der Waals surface area contributed by atoms with Gasteiger partial charge < -0.3 is 15.2 Å². The van der Waals surface area contributed by atoms with Crippen LogP contribution in [0.3, 0.4) is 0 Å². The molecule has 0 saturated carbocycles. The molecule has 2 N–H and O–H groups in total. The van der Waals surface area contributed by atoms with Crippen molar-refractivity contribution in [2.75, 3.05) is 0 Å². The average Bonchev–Trinajstić information content (AvgIpc) is 2.45. The molecule has 0 saturated heterocycles. The maximum absolute atomic E-state index is 12.2. The van der Waals surface area contributed by atoms with Crippen LogP contribution in [0.15, 0.2) is 24.3 Å². The van der Waals surface area contributed by atoms with Crippen LogP contribution in [0.4, 0.5) is 0 Å². The number of rotatable bonds is 8. The molecular formula is C17H23NO5. The fraction of sp³-hybridized carbons (Fsp3) is 0.471. The molecule has 0 aromatic heterocycles. The van der Waals surface area contributed by atoms with E-state index < -0.39 is 17.6 Å². The van der Waals surface area contributed by atoms with Crippen LogP contribution in [0.2, 0.25) is 0 Å².